The van der Waals surface area contributed by atoms with E-state index in [0.29, 0.717) is 34.2 Å². The van der Waals surface area contributed by atoms with Crippen molar-refractivity contribution in [3.8, 4) is 97.1 Å². The average molecular weight is 943 g/mol. The topological polar surface area (TPSA) is 120 Å². The zero-order valence-electron chi connectivity index (χ0n) is 39.5. The van der Waals surface area contributed by atoms with Crippen LogP contribution in [0.3, 0.4) is 0 Å². The quantitative estimate of drug-likeness (QED) is 0.150. The van der Waals surface area contributed by atoms with E-state index in [0.717, 1.165) is 105 Å². The van der Waals surface area contributed by atoms with Crippen LogP contribution >= 0.6 is 0 Å². The normalized spacial score (nSPS) is 11.2. The lowest BCUT2D eigenvalue weighted by atomic mass is 9.97. The molecule has 0 bridgehead atoms. The molecule has 0 aliphatic heterocycles. The van der Waals surface area contributed by atoms with Gasteiger partial charge in [-0.15, -0.1) is 0 Å². The number of aromatic nitrogens is 5. The van der Waals surface area contributed by atoms with E-state index in [2.05, 4.69) is 130 Å². The average Bonchev–Trinajstić information content (AvgIpc) is 3.99. The molecule has 0 amide bonds. The minimum absolute atomic E-state index is 0.518. The Balaban J connectivity index is 1.09. The van der Waals surface area contributed by atoms with Gasteiger partial charge in [-0.3, -0.25) is 0 Å². The Morgan fingerprint density at radius 1 is 0.270 bits per heavy atom. The van der Waals surface area contributed by atoms with Gasteiger partial charge in [-0.05, 0) is 101 Å². The molecule has 3 aromatic heterocycles. The van der Waals surface area contributed by atoms with E-state index in [1.165, 1.54) is 0 Å². The predicted molar refractivity (Wildman–Crippen MR) is 295 cm³/mol. The fourth-order valence-corrected chi connectivity index (χ4v) is 10.4. The van der Waals surface area contributed by atoms with Gasteiger partial charge in [0.2, 0.25) is 0 Å². The minimum Gasteiger partial charge on any atom is -0.309 e. The van der Waals surface area contributed by atoms with Gasteiger partial charge in [-0.2, -0.15) is 15.8 Å². The molecule has 0 spiro atoms. The maximum absolute atomic E-state index is 10.6. The van der Waals surface area contributed by atoms with Gasteiger partial charge in [0.05, 0.1) is 68.3 Å². The molecule has 0 N–H and O–H groups in total. The molecular formula is C66H38N8. The van der Waals surface area contributed by atoms with E-state index in [-0.39, 0.29) is 0 Å². The number of fused-ring (bicyclic) bond motifs is 6. The van der Waals surface area contributed by atoms with Crippen LogP contribution in [0.15, 0.2) is 231 Å². The van der Waals surface area contributed by atoms with Gasteiger partial charge in [-0.25, -0.2) is 15.0 Å². The second kappa shape index (κ2) is 17.9. The standard InChI is InChI=1S/C66H38N8/c67-39-42-13-11-19-47(33-42)49-27-31-60-56(36-49)52-21-7-9-23-58(52)73(60)62-35-44(41-69)25-29-54(62)55-30-26-51(66-71-64(45-15-3-1-4-16-45)70-65(72-66)46-17-5-2-6-18-46)38-63(55)74-59-24-10-8-22-53(59)57-37-50(28-32-61(57)74)48-20-12-14-43(34-48)40-68/h1-38H. The molecule has 342 valence electrons. The highest BCUT2D eigenvalue weighted by molar-refractivity contribution is 6.13. The fourth-order valence-electron chi connectivity index (χ4n) is 10.4. The molecular weight excluding hydrogens is 905 g/mol. The first-order valence-electron chi connectivity index (χ1n) is 24.2. The molecule has 10 aromatic carbocycles. The Hall–Kier alpha value is -10.7. The summed E-state index contributed by atoms with van der Waals surface area (Å²) < 4.78 is 4.59. The molecule has 8 nitrogen and oxygen atoms in total. The SMILES string of the molecule is N#Cc1cccc(-c2ccc3c(c2)c2ccccc2n3-c2cc(C#N)ccc2-c2ccc(-c3nc(-c4ccccc4)nc(-c4ccccc4)n3)cc2-n2c3ccccc3c3cc(-c4cccc(C#N)c4)ccc32)c1. The second-order valence-electron chi connectivity index (χ2n) is 18.2. The number of para-hydroxylation sites is 2. The summed E-state index contributed by atoms with van der Waals surface area (Å²) in [5, 5.41) is 34.4. The molecule has 0 aliphatic carbocycles. The molecule has 13 rings (SSSR count). The molecule has 3 heterocycles. The molecule has 13 aromatic rings. The van der Waals surface area contributed by atoms with Crippen LogP contribution in [0.1, 0.15) is 16.7 Å². The Labute approximate surface area is 425 Å². The van der Waals surface area contributed by atoms with Crippen LogP contribution in [0, 0.1) is 34.0 Å². The van der Waals surface area contributed by atoms with Gasteiger partial charge < -0.3 is 9.13 Å². The number of nitrogens with zero attached hydrogens (tertiary/aromatic N) is 8. The first-order valence-corrected chi connectivity index (χ1v) is 24.2. The Morgan fingerprint density at radius 2 is 0.649 bits per heavy atom. The summed E-state index contributed by atoms with van der Waals surface area (Å²) in [6, 6.07) is 84.6. The van der Waals surface area contributed by atoms with Crippen LogP contribution in [0.25, 0.3) is 123 Å². The molecule has 0 aliphatic rings. The molecule has 0 radical (unpaired) electrons. The van der Waals surface area contributed by atoms with E-state index < -0.39 is 0 Å². The van der Waals surface area contributed by atoms with Crippen LogP contribution in [-0.2, 0) is 0 Å². The smallest absolute Gasteiger partial charge is 0.164 e. The van der Waals surface area contributed by atoms with E-state index in [9.17, 15) is 15.8 Å². The highest BCUT2D eigenvalue weighted by Crippen LogP contribution is 2.44. The number of hydrogen-bond acceptors (Lipinski definition) is 6. The molecule has 8 heteroatoms. The zero-order chi connectivity index (χ0) is 49.7. The van der Waals surface area contributed by atoms with E-state index in [1.54, 1.807) is 0 Å². The number of benzene rings is 10. The summed E-state index contributed by atoms with van der Waals surface area (Å²) in [7, 11) is 0. The summed E-state index contributed by atoms with van der Waals surface area (Å²) in [6.07, 6.45) is 0. The van der Waals surface area contributed by atoms with Crippen molar-refractivity contribution in [1.29, 1.82) is 15.8 Å². The van der Waals surface area contributed by atoms with Crippen molar-refractivity contribution in [2.45, 2.75) is 0 Å². The summed E-state index contributed by atoms with van der Waals surface area (Å²) in [6.45, 7) is 0. The first-order chi connectivity index (χ1) is 36.5. The third-order valence-corrected chi connectivity index (χ3v) is 13.8. The Bertz CT molecular complexity index is 4470. The van der Waals surface area contributed by atoms with Crippen molar-refractivity contribution < 1.29 is 0 Å². The van der Waals surface area contributed by atoms with E-state index >= 15 is 0 Å². The summed E-state index contributed by atoms with van der Waals surface area (Å²) in [4.78, 5) is 15.4. The van der Waals surface area contributed by atoms with Crippen LogP contribution in [0.4, 0.5) is 0 Å². The van der Waals surface area contributed by atoms with Crippen LogP contribution < -0.4 is 0 Å². The first kappa shape index (κ1) is 43.3. The van der Waals surface area contributed by atoms with Crippen molar-refractivity contribution in [2.24, 2.45) is 0 Å². The number of nitriles is 3. The van der Waals surface area contributed by atoms with E-state index in [1.807, 2.05) is 127 Å². The highest BCUT2D eigenvalue weighted by Gasteiger charge is 2.23. The van der Waals surface area contributed by atoms with Gasteiger partial charge in [0.1, 0.15) is 0 Å². The molecule has 0 saturated heterocycles. The fraction of sp³-hybridized carbons (Fsp3) is 0. The summed E-state index contributed by atoms with van der Waals surface area (Å²) in [5.41, 5.74) is 15.6. The third kappa shape index (κ3) is 7.42. The lowest BCUT2D eigenvalue weighted by molar-refractivity contribution is 1.07. The molecule has 0 unspecified atom stereocenters. The van der Waals surface area contributed by atoms with Crippen LogP contribution in [0.2, 0.25) is 0 Å². The maximum atomic E-state index is 10.6. The lowest BCUT2D eigenvalue weighted by Crippen LogP contribution is -2.04. The van der Waals surface area contributed by atoms with Gasteiger partial charge in [-0.1, -0.05) is 152 Å². The van der Waals surface area contributed by atoms with Gasteiger partial charge in [0.15, 0.2) is 17.5 Å². The second-order valence-corrected chi connectivity index (χ2v) is 18.2. The molecule has 0 saturated carbocycles. The van der Waals surface area contributed by atoms with Crippen molar-refractivity contribution in [1.82, 2.24) is 24.1 Å². The number of rotatable bonds is 8. The predicted octanol–water partition coefficient (Wildman–Crippen LogP) is 15.7. The molecule has 0 atom stereocenters. The van der Waals surface area contributed by atoms with Crippen LogP contribution in [-0.4, -0.2) is 24.1 Å². The zero-order valence-corrected chi connectivity index (χ0v) is 39.5. The van der Waals surface area contributed by atoms with Gasteiger partial charge >= 0.3 is 0 Å². The van der Waals surface area contributed by atoms with Gasteiger partial charge in [0, 0.05) is 49.4 Å². The summed E-state index contributed by atoms with van der Waals surface area (Å²) in [5.74, 6) is 1.64. The monoisotopic (exact) mass is 942 g/mol. The van der Waals surface area contributed by atoms with Gasteiger partial charge in [0.25, 0.3) is 0 Å². The van der Waals surface area contributed by atoms with Crippen molar-refractivity contribution in [2.75, 3.05) is 0 Å². The lowest BCUT2D eigenvalue weighted by Gasteiger charge is -2.20. The molecule has 74 heavy (non-hydrogen) atoms. The largest absolute Gasteiger partial charge is 0.309 e. The van der Waals surface area contributed by atoms with Crippen molar-refractivity contribution in [3.05, 3.63) is 247 Å². The highest BCUT2D eigenvalue weighted by atomic mass is 15.0. The minimum atomic E-state index is 0.518. The third-order valence-electron chi connectivity index (χ3n) is 13.8. The Kier molecular flexibility index (Phi) is 10.5. The van der Waals surface area contributed by atoms with E-state index in [4.69, 9.17) is 15.0 Å². The molecule has 0 fully saturated rings. The van der Waals surface area contributed by atoms with Crippen LogP contribution in [0.5, 0.6) is 0 Å². The maximum Gasteiger partial charge on any atom is 0.164 e. The Morgan fingerprint density at radius 3 is 1.15 bits per heavy atom. The summed E-state index contributed by atoms with van der Waals surface area (Å²) >= 11 is 0. The number of hydrogen-bond donors (Lipinski definition) is 0. The van der Waals surface area contributed by atoms with Crippen molar-refractivity contribution >= 4 is 43.6 Å². The van der Waals surface area contributed by atoms with Crippen molar-refractivity contribution in [3.63, 3.8) is 0 Å².